The van der Waals surface area contributed by atoms with Crippen molar-refractivity contribution in [3.63, 3.8) is 0 Å². The van der Waals surface area contributed by atoms with Gasteiger partial charge in [-0.15, -0.1) is 0 Å². The third kappa shape index (κ3) is 6.06. The lowest BCUT2D eigenvalue weighted by atomic mass is 9.99. The van der Waals surface area contributed by atoms with Crippen LogP contribution in [0, 0.1) is 11.6 Å². The van der Waals surface area contributed by atoms with Gasteiger partial charge in [0.05, 0.1) is 0 Å². The highest BCUT2D eigenvalue weighted by Gasteiger charge is 2.20. The van der Waals surface area contributed by atoms with E-state index < -0.39 is 11.6 Å². The molecule has 178 valence electrons. The second kappa shape index (κ2) is 11.3. The Kier molecular flexibility index (Phi) is 8.01. The molecule has 0 saturated carbocycles. The summed E-state index contributed by atoms with van der Waals surface area (Å²) in [7, 11) is 0. The zero-order valence-corrected chi connectivity index (χ0v) is 19.6. The predicted molar refractivity (Wildman–Crippen MR) is 131 cm³/mol. The van der Waals surface area contributed by atoms with Crippen molar-refractivity contribution in [3.8, 4) is 11.1 Å². The predicted octanol–water partition coefficient (Wildman–Crippen LogP) is 6.35. The fraction of sp³-hybridized carbons (Fsp3) is 0.357. The van der Waals surface area contributed by atoms with Crippen LogP contribution in [0.25, 0.3) is 11.1 Å². The van der Waals surface area contributed by atoms with E-state index in [-0.39, 0.29) is 5.91 Å². The Labute approximate surface area is 200 Å². The minimum atomic E-state index is -0.599. The standard InChI is InChI=1S/C28H31F2N3O/c1-21(34)33-15-6-4-2-3-5-14-32(19-22-8-7-13-31-18-22)20-24-16-23(9-12-28(24)33)26-11-10-25(29)17-27(26)30/h7-13,16-18H,2-6,14-15,19-20H2,1H3. The van der Waals surface area contributed by atoms with Crippen LogP contribution in [-0.4, -0.2) is 28.9 Å². The number of anilines is 1. The van der Waals surface area contributed by atoms with Gasteiger partial charge in [-0.05, 0) is 66.4 Å². The summed E-state index contributed by atoms with van der Waals surface area (Å²) >= 11 is 0. The molecule has 34 heavy (non-hydrogen) atoms. The first kappa shape index (κ1) is 24.0. The molecule has 4 nitrogen and oxygen atoms in total. The number of benzene rings is 2. The van der Waals surface area contributed by atoms with E-state index in [1.165, 1.54) is 12.1 Å². The maximum absolute atomic E-state index is 14.6. The molecule has 2 aromatic carbocycles. The molecule has 4 rings (SSSR count). The third-order valence-electron chi connectivity index (χ3n) is 6.37. The molecule has 2 heterocycles. The summed E-state index contributed by atoms with van der Waals surface area (Å²) in [5, 5.41) is 0. The van der Waals surface area contributed by atoms with Crippen LogP contribution in [0.4, 0.5) is 14.5 Å². The minimum absolute atomic E-state index is 0.00201. The van der Waals surface area contributed by atoms with Crippen molar-refractivity contribution in [3.05, 3.63) is 83.7 Å². The first-order valence-corrected chi connectivity index (χ1v) is 12.0. The number of pyridine rings is 1. The van der Waals surface area contributed by atoms with Crippen LogP contribution in [-0.2, 0) is 17.9 Å². The smallest absolute Gasteiger partial charge is 0.223 e. The molecule has 0 radical (unpaired) electrons. The third-order valence-corrected chi connectivity index (χ3v) is 6.37. The van der Waals surface area contributed by atoms with Gasteiger partial charge in [-0.2, -0.15) is 0 Å². The quantitative estimate of drug-likeness (QED) is 0.454. The van der Waals surface area contributed by atoms with Crippen LogP contribution in [0.3, 0.4) is 0 Å². The van der Waals surface area contributed by atoms with Crippen LogP contribution in [0.5, 0.6) is 0 Å². The normalized spacial score (nSPS) is 15.8. The molecule has 0 aliphatic carbocycles. The lowest BCUT2D eigenvalue weighted by molar-refractivity contribution is -0.116. The Hall–Kier alpha value is -3.12. The minimum Gasteiger partial charge on any atom is -0.312 e. The maximum Gasteiger partial charge on any atom is 0.223 e. The molecule has 0 fully saturated rings. The van der Waals surface area contributed by atoms with E-state index in [2.05, 4.69) is 16.0 Å². The fourth-order valence-corrected chi connectivity index (χ4v) is 4.65. The summed E-state index contributed by atoms with van der Waals surface area (Å²) in [5.74, 6) is -1.19. The molecule has 1 aliphatic heterocycles. The topological polar surface area (TPSA) is 36.4 Å². The first-order chi connectivity index (χ1) is 16.5. The van der Waals surface area contributed by atoms with E-state index in [9.17, 15) is 13.6 Å². The lowest BCUT2D eigenvalue weighted by Crippen LogP contribution is -2.32. The highest BCUT2D eigenvalue weighted by atomic mass is 19.1. The van der Waals surface area contributed by atoms with Crippen molar-refractivity contribution in [2.75, 3.05) is 18.0 Å². The monoisotopic (exact) mass is 463 g/mol. The number of aromatic nitrogens is 1. The summed E-state index contributed by atoms with van der Waals surface area (Å²) in [6.45, 7) is 4.53. The second-order valence-electron chi connectivity index (χ2n) is 8.98. The van der Waals surface area contributed by atoms with Gasteiger partial charge in [0.2, 0.25) is 5.91 Å². The Morgan fingerprint density at radius 3 is 2.50 bits per heavy atom. The molecule has 1 amide bonds. The van der Waals surface area contributed by atoms with Gasteiger partial charge >= 0.3 is 0 Å². The van der Waals surface area contributed by atoms with E-state index in [4.69, 9.17) is 0 Å². The zero-order valence-electron chi connectivity index (χ0n) is 19.6. The van der Waals surface area contributed by atoms with Crippen LogP contribution in [0.2, 0.25) is 0 Å². The van der Waals surface area contributed by atoms with Crippen LogP contribution in [0.15, 0.2) is 60.9 Å². The molecule has 0 bridgehead atoms. The molecule has 3 aromatic rings. The largest absolute Gasteiger partial charge is 0.312 e. The van der Waals surface area contributed by atoms with E-state index in [0.29, 0.717) is 24.2 Å². The van der Waals surface area contributed by atoms with Gasteiger partial charge < -0.3 is 4.90 Å². The Morgan fingerprint density at radius 2 is 1.76 bits per heavy atom. The molecular weight excluding hydrogens is 432 g/mol. The Bertz CT molecular complexity index is 1120. The first-order valence-electron chi connectivity index (χ1n) is 12.0. The number of nitrogens with zero attached hydrogens (tertiary/aromatic N) is 3. The van der Waals surface area contributed by atoms with Crippen LogP contribution < -0.4 is 4.90 Å². The van der Waals surface area contributed by atoms with E-state index in [1.807, 2.05) is 35.4 Å². The highest BCUT2D eigenvalue weighted by molar-refractivity contribution is 5.92. The highest BCUT2D eigenvalue weighted by Crippen LogP contribution is 2.31. The number of amides is 1. The molecule has 0 saturated heterocycles. The average molecular weight is 464 g/mol. The molecule has 0 spiro atoms. The summed E-state index contributed by atoms with van der Waals surface area (Å²) in [5.41, 5.74) is 3.97. The van der Waals surface area contributed by atoms with Gasteiger partial charge in [0, 0.05) is 56.3 Å². The second-order valence-corrected chi connectivity index (χ2v) is 8.98. The van der Waals surface area contributed by atoms with Crippen LogP contribution >= 0.6 is 0 Å². The summed E-state index contributed by atoms with van der Waals surface area (Å²) < 4.78 is 28.1. The number of halogens is 2. The molecule has 1 aromatic heterocycles. The Morgan fingerprint density at radius 1 is 0.971 bits per heavy atom. The number of rotatable bonds is 3. The van der Waals surface area contributed by atoms with Crippen molar-refractivity contribution in [2.45, 2.75) is 52.1 Å². The number of carbonyl (C=O) groups excluding carboxylic acids is 1. The molecular formula is C28H31F2N3O. The van der Waals surface area contributed by atoms with Gasteiger partial charge in [-0.3, -0.25) is 14.7 Å². The van der Waals surface area contributed by atoms with Crippen molar-refractivity contribution in [1.29, 1.82) is 0 Å². The molecule has 0 N–H and O–H groups in total. The molecule has 0 unspecified atom stereocenters. The van der Waals surface area contributed by atoms with Gasteiger partial charge in [0.1, 0.15) is 11.6 Å². The SMILES string of the molecule is CC(=O)N1CCCCCCCN(Cc2cccnc2)Cc2cc(-c3ccc(F)cc3F)ccc21. The van der Waals surface area contributed by atoms with Gasteiger partial charge in [0.15, 0.2) is 0 Å². The Balaban J connectivity index is 1.75. The summed E-state index contributed by atoms with van der Waals surface area (Å²) in [6, 6.07) is 13.3. The molecule has 1 aliphatic rings. The zero-order chi connectivity index (χ0) is 23.9. The average Bonchev–Trinajstić information content (AvgIpc) is 2.81. The number of fused-ring (bicyclic) bond motifs is 1. The molecule has 6 heteroatoms. The number of hydrogen-bond acceptors (Lipinski definition) is 3. The van der Waals surface area contributed by atoms with Crippen molar-refractivity contribution < 1.29 is 13.6 Å². The summed E-state index contributed by atoms with van der Waals surface area (Å²) in [6.07, 6.45) is 9.08. The van der Waals surface area contributed by atoms with E-state index in [0.717, 1.165) is 68.1 Å². The van der Waals surface area contributed by atoms with Gasteiger partial charge in [-0.1, -0.05) is 31.4 Å². The van der Waals surface area contributed by atoms with Crippen molar-refractivity contribution >= 4 is 11.6 Å². The van der Waals surface area contributed by atoms with E-state index in [1.54, 1.807) is 13.1 Å². The van der Waals surface area contributed by atoms with Gasteiger partial charge in [0.25, 0.3) is 0 Å². The lowest BCUT2D eigenvalue weighted by Gasteiger charge is -2.29. The number of carbonyl (C=O) groups is 1. The van der Waals surface area contributed by atoms with E-state index >= 15 is 0 Å². The van der Waals surface area contributed by atoms with Gasteiger partial charge in [-0.25, -0.2) is 8.78 Å². The molecule has 0 atom stereocenters. The van der Waals surface area contributed by atoms with Crippen molar-refractivity contribution in [1.82, 2.24) is 9.88 Å². The van der Waals surface area contributed by atoms with Crippen molar-refractivity contribution in [2.24, 2.45) is 0 Å². The number of hydrogen-bond donors (Lipinski definition) is 0. The fourth-order valence-electron chi connectivity index (χ4n) is 4.65. The van der Waals surface area contributed by atoms with Crippen LogP contribution in [0.1, 0.15) is 50.2 Å². The summed E-state index contributed by atoms with van der Waals surface area (Å²) in [4.78, 5) is 21.1. The maximum atomic E-state index is 14.6.